The summed E-state index contributed by atoms with van der Waals surface area (Å²) in [6.07, 6.45) is 2.06. The maximum Gasteiger partial charge on any atom is 0.264 e. The van der Waals surface area contributed by atoms with E-state index >= 15 is 0 Å². The normalized spacial score (nSPS) is 13.5. The molecule has 1 amide bonds. The van der Waals surface area contributed by atoms with Gasteiger partial charge in [-0.1, -0.05) is 36.4 Å². The minimum Gasteiger partial charge on any atom is -0.326 e. The Balaban J connectivity index is 1.38. The third-order valence-corrected chi connectivity index (χ3v) is 7.98. The number of fused-ring (bicyclic) bond motifs is 1. The van der Waals surface area contributed by atoms with Gasteiger partial charge in [0.05, 0.1) is 10.6 Å². The van der Waals surface area contributed by atoms with E-state index in [2.05, 4.69) is 5.32 Å². The molecule has 31 heavy (non-hydrogen) atoms. The Morgan fingerprint density at radius 3 is 2.42 bits per heavy atom. The number of para-hydroxylation sites is 1. The van der Waals surface area contributed by atoms with Gasteiger partial charge in [0.25, 0.3) is 10.0 Å². The van der Waals surface area contributed by atoms with Gasteiger partial charge in [-0.15, -0.1) is 11.8 Å². The zero-order chi connectivity index (χ0) is 21.7. The second-order valence-electron chi connectivity index (χ2n) is 7.29. The van der Waals surface area contributed by atoms with E-state index in [1.54, 1.807) is 36.0 Å². The van der Waals surface area contributed by atoms with Crippen LogP contribution < -0.4 is 9.62 Å². The molecule has 0 aromatic heterocycles. The van der Waals surface area contributed by atoms with Crippen molar-refractivity contribution in [1.82, 2.24) is 0 Å². The van der Waals surface area contributed by atoms with Gasteiger partial charge in [0.15, 0.2) is 0 Å². The topological polar surface area (TPSA) is 66.5 Å². The molecule has 0 saturated heterocycles. The van der Waals surface area contributed by atoms with Crippen molar-refractivity contribution in [3.8, 4) is 0 Å². The molecule has 1 heterocycles. The molecular weight excluding hydrogens is 428 g/mol. The second kappa shape index (κ2) is 9.58. The minimum atomic E-state index is -3.65. The molecule has 3 aromatic rings. The van der Waals surface area contributed by atoms with Crippen LogP contribution >= 0.6 is 11.8 Å². The first-order chi connectivity index (χ1) is 15.0. The van der Waals surface area contributed by atoms with Crippen LogP contribution in [0.25, 0.3) is 0 Å². The second-order valence-corrected chi connectivity index (χ2v) is 10.3. The van der Waals surface area contributed by atoms with E-state index in [9.17, 15) is 13.2 Å². The van der Waals surface area contributed by atoms with Gasteiger partial charge in [0, 0.05) is 29.3 Å². The van der Waals surface area contributed by atoms with Crippen LogP contribution in [0.5, 0.6) is 0 Å². The van der Waals surface area contributed by atoms with Crippen molar-refractivity contribution in [1.29, 1.82) is 0 Å². The standard InChI is InChI=1S/C24H24N2O3S2/c27-24(16-18-30-21-9-2-1-3-10-21)25-20-12-14-22(15-13-20)31(28,29)26-17-6-8-19-7-4-5-11-23(19)26/h1-5,7,9-15H,6,8,16-18H2,(H,25,27). The molecule has 0 radical (unpaired) electrons. The highest BCUT2D eigenvalue weighted by atomic mass is 32.2. The summed E-state index contributed by atoms with van der Waals surface area (Å²) in [6, 6.07) is 24.0. The number of carbonyl (C=O) groups is 1. The van der Waals surface area contributed by atoms with E-state index in [0.717, 1.165) is 29.0 Å². The van der Waals surface area contributed by atoms with Crippen LogP contribution in [-0.4, -0.2) is 26.6 Å². The highest BCUT2D eigenvalue weighted by molar-refractivity contribution is 7.99. The molecule has 0 spiro atoms. The van der Waals surface area contributed by atoms with E-state index in [1.165, 1.54) is 4.31 Å². The molecule has 0 unspecified atom stereocenters. The molecule has 1 aliphatic rings. The molecule has 160 valence electrons. The van der Waals surface area contributed by atoms with Crippen LogP contribution in [0.3, 0.4) is 0 Å². The highest BCUT2D eigenvalue weighted by Crippen LogP contribution is 2.32. The average molecular weight is 453 g/mol. The van der Waals surface area contributed by atoms with Gasteiger partial charge in [0.2, 0.25) is 5.91 Å². The van der Waals surface area contributed by atoms with Crippen molar-refractivity contribution in [2.75, 3.05) is 21.9 Å². The molecule has 0 saturated carbocycles. The Morgan fingerprint density at radius 1 is 0.935 bits per heavy atom. The molecule has 1 N–H and O–H groups in total. The summed E-state index contributed by atoms with van der Waals surface area (Å²) in [4.78, 5) is 13.6. The smallest absolute Gasteiger partial charge is 0.264 e. The van der Waals surface area contributed by atoms with Crippen molar-refractivity contribution >= 4 is 39.1 Å². The maximum absolute atomic E-state index is 13.2. The summed E-state index contributed by atoms with van der Waals surface area (Å²) in [7, 11) is -3.65. The predicted octanol–water partition coefficient (Wildman–Crippen LogP) is 4.95. The number of nitrogens with one attached hydrogen (secondary N) is 1. The third-order valence-electron chi connectivity index (χ3n) is 5.13. The van der Waals surface area contributed by atoms with E-state index in [-0.39, 0.29) is 10.8 Å². The third kappa shape index (κ3) is 5.11. The average Bonchev–Trinajstić information content (AvgIpc) is 2.80. The van der Waals surface area contributed by atoms with E-state index in [0.29, 0.717) is 24.4 Å². The Morgan fingerprint density at radius 2 is 1.65 bits per heavy atom. The molecule has 0 bridgehead atoms. The Bertz CT molecular complexity index is 1150. The number of hydrogen-bond acceptors (Lipinski definition) is 4. The summed E-state index contributed by atoms with van der Waals surface area (Å²) in [6.45, 7) is 0.469. The van der Waals surface area contributed by atoms with Gasteiger partial charge < -0.3 is 5.32 Å². The van der Waals surface area contributed by atoms with Crippen LogP contribution in [-0.2, 0) is 21.2 Å². The number of rotatable bonds is 7. The summed E-state index contributed by atoms with van der Waals surface area (Å²) < 4.78 is 27.9. The fraction of sp³-hybridized carbons (Fsp3) is 0.208. The van der Waals surface area contributed by atoms with Crippen molar-refractivity contribution in [3.05, 3.63) is 84.4 Å². The molecular formula is C24H24N2O3S2. The number of hydrogen-bond donors (Lipinski definition) is 1. The summed E-state index contributed by atoms with van der Waals surface area (Å²) >= 11 is 1.63. The zero-order valence-corrected chi connectivity index (χ0v) is 18.7. The van der Waals surface area contributed by atoms with E-state index < -0.39 is 10.0 Å². The van der Waals surface area contributed by atoms with Crippen LogP contribution in [0.15, 0.2) is 88.7 Å². The zero-order valence-electron chi connectivity index (χ0n) is 17.0. The largest absolute Gasteiger partial charge is 0.326 e. The quantitative estimate of drug-likeness (QED) is 0.515. The molecule has 1 aliphatic heterocycles. The van der Waals surface area contributed by atoms with Gasteiger partial charge in [-0.2, -0.15) is 0 Å². The summed E-state index contributed by atoms with van der Waals surface area (Å²) in [5, 5.41) is 2.84. The van der Waals surface area contributed by atoms with E-state index in [1.807, 2.05) is 54.6 Å². The summed E-state index contributed by atoms with van der Waals surface area (Å²) in [5.41, 5.74) is 2.39. The Kier molecular flexibility index (Phi) is 6.63. The number of sulfonamides is 1. The Hall–Kier alpha value is -2.77. The van der Waals surface area contributed by atoms with Gasteiger partial charge in [-0.05, 0) is 60.9 Å². The van der Waals surface area contributed by atoms with Crippen LogP contribution in [0, 0.1) is 0 Å². The van der Waals surface area contributed by atoms with Gasteiger partial charge >= 0.3 is 0 Å². The summed E-state index contributed by atoms with van der Waals surface area (Å²) in [5.74, 6) is 0.584. The molecule has 5 nitrogen and oxygen atoms in total. The molecule has 3 aromatic carbocycles. The SMILES string of the molecule is O=C(CCSc1ccccc1)Nc1ccc(S(=O)(=O)N2CCCc3ccccc32)cc1. The predicted molar refractivity (Wildman–Crippen MR) is 126 cm³/mol. The van der Waals surface area contributed by atoms with Crippen molar-refractivity contribution < 1.29 is 13.2 Å². The number of benzene rings is 3. The van der Waals surface area contributed by atoms with Crippen LogP contribution in [0.4, 0.5) is 11.4 Å². The molecule has 0 fully saturated rings. The van der Waals surface area contributed by atoms with Gasteiger partial charge in [-0.3, -0.25) is 9.10 Å². The van der Waals surface area contributed by atoms with Gasteiger partial charge in [-0.25, -0.2) is 8.42 Å². The number of thioether (sulfide) groups is 1. The number of anilines is 2. The molecule has 0 aliphatic carbocycles. The lowest BCUT2D eigenvalue weighted by Gasteiger charge is -2.30. The first-order valence-corrected chi connectivity index (χ1v) is 12.6. The molecule has 0 atom stereocenters. The molecule has 4 rings (SSSR count). The minimum absolute atomic E-state index is 0.0935. The van der Waals surface area contributed by atoms with Crippen LogP contribution in [0.2, 0.25) is 0 Å². The number of carbonyl (C=O) groups excluding carboxylic acids is 1. The lowest BCUT2D eigenvalue weighted by Crippen LogP contribution is -2.35. The Labute approximate surface area is 187 Å². The first-order valence-electron chi connectivity index (χ1n) is 10.2. The first kappa shape index (κ1) is 21.5. The van der Waals surface area contributed by atoms with Crippen molar-refractivity contribution in [2.24, 2.45) is 0 Å². The van der Waals surface area contributed by atoms with Crippen molar-refractivity contribution in [2.45, 2.75) is 29.1 Å². The number of aryl methyl sites for hydroxylation is 1. The highest BCUT2D eigenvalue weighted by Gasteiger charge is 2.28. The van der Waals surface area contributed by atoms with Crippen molar-refractivity contribution in [3.63, 3.8) is 0 Å². The fourth-order valence-electron chi connectivity index (χ4n) is 3.59. The van der Waals surface area contributed by atoms with E-state index in [4.69, 9.17) is 0 Å². The number of amides is 1. The van der Waals surface area contributed by atoms with Crippen LogP contribution in [0.1, 0.15) is 18.4 Å². The van der Waals surface area contributed by atoms with Gasteiger partial charge in [0.1, 0.15) is 0 Å². The lowest BCUT2D eigenvalue weighted by atomic mass is 10.0. The number of nitrogens with zero attached hydrogens (tertiary/aromatic N) is 1. The monoisotopic (exact) mass is 452 g/mol. The maximum atomic E-state index is 13.2. The molecule has 7 heteroatoms. The fourth-order valence-corrected chi connectivity index (χ4v) is 6.00. The lowest BCUT2D eigenvalue weighted by molar-refractivity contribution is -0.115.